The highest BCUT2D eigenvalue weighted by atomic mass is 19.1. The van der Waals surface area contributed by atoms with E-state index in [0.717, 1.165) is 12.1 Å². The molecule has 0 fully saturated rings. The average Bonchev–Trinajstić information content (AvgIpc) is 3.03. The molecule has 0 aliphatic carbocycles. The van der Waals surface area contributed by atoms with Crippen molar-refractivity contribution in [3.8, 4) is 0 Å². The lowest BCUT2D eigenvalue weighted by molar-refractivity contribution is 0.143. The minimum atomic E-state index is -1.19. The molecule has 2 atom stereocenters. The van der Waals surface area contributed by atoms with E-state index in [2.05, 4.69) is 4.98 Å². The van der Waals surface area contributed by atoms with Crippen LogP contribution in [0.4, 0.5) is 8.78 Å². The van der Waals surface area contributed by atoms with E-state index in [0.29, 0.717) is 11.4 Å². The van der Waals surface area contributed by atoms with Crippen molar-refractivity contribution < 1.29 is 19.0 Å². The number of hydrogen-bond donors (Lipinski definition) is 2. The van der Waals surface area contributed by atoms with E-state index in [1.807, 2.05) is 6.07 Å². The predicted molar refractivity (Wildman–Crippen MR) is 84.0 cm³/mol. The van der Waals surface area contributed by atoms with Gasteiger partial charge in [-0.2, -0.15) is 0 Å². The van der Waals surface area contributed by atoms with Crippen LogP contribution >= 0.6 is 0 Å². The second-order valence-corrected chi connectivity index (χ2v) is 5.43. The first-order chi connectivity index (χ1) is 11.6. The highest BCUT2D eigenvalue weighted by Crippen LogP contribution is 2.24. The molecule has 2 N–H and O–H groups in total. The van der Waals surface area contributed by atoms with Gasteiger partial charge in [0, 0.05) is 24.0 Å². The first kappa shape index (κ1) is 16.3. The molecule has 3 aromatic rings. The molecule has 4 nitrogen and oxygen atoms in total. The first-order valence-corrected chi connectivity index (χ1v) is 7.43. The fraction of sp³-hybridized carbons (Fsp3) is 0.167. The van der Waals surface area contributed by atoms with Crippen LogP contribution in [0, 0.1) is 11.6 Å². The minimum absolute atomic E-state index is 0.00903. The Bertz CT molecular complexity index is 821. The number of hydrogen-bond acceptors (Lipinski definition) is 3. The summed E-state index contributed by atoms with van der Waals surface area (Å²) in [6.45, 7) is -0.0121. The summed E-state index contributed by atoms with van der Waals surface area (Å²) in [4.78, 5) is 4.12. The Kier molecular flexibility index (Phi) is 4.69. The van der Waals surface area contributed by atoms with Gasteiger partial charge in [0.15, 0.2) is 0 Å². The summed E-state index contributed by atoms with van der Waals surface area (Å²) < 4.78 is 28.3. The topological polar surface area (TPSA) is 58.3 Å². The molecule has 0 bridgehead atoms. The summed E-state index contributed by atoms with van der Waals surface area (Å²) in [7, 11) is 0. The van der Waals surface area contributed by atoms with Crippen molar-refractivity contribution >= 4 is 0 Å². The second-order valence-electron chi connectivity index (χ2n) is 5.43. The molecule has 0 radical (unpaired) electrons. The minimum Gasteiger partial charge on any atom is -0.386 e. The van der Waals surface area contributed by atoms with Crippen LogP contribution < -0.4 is 0 Å². The third-order valence-electron chi connectivity index (χ3n) is 3.80. The normalized spacial score (nSPS) is 13.7. The van der Waals surface area contributed by atoms with Crippen LogP contribution in [0.3, 0.4) is 0 Å². The SMILES string of the molecule is O[C@@H](c1ccccc1)c1nccn1C[C@@H](O)c1ccc(F)cc1F. The number of benzene rings is 2. The van der Waals surface area contributed by atoms with Gasteiger partial charge in [-0.05, 0) is 11.6 Å². The molecule has 0 aliphatic rings. The highest BCUT2D eigenvalue weighted by Gasteiger charge is 2.20. The van der Waals surface area contributed by atoms with Crippen molar-refractivity contribution in [2.75, 3.05) is 0 Å². The van der Waals surface area contributed by atoms with Crippen LogP contribution in [-0.2, 0) is 6.54 Å². The van der Waals surface area contributed by atoms with Gasteiger partial charge in [0.1, 0.15) is 23.6 Å². The van der Waals surface area contributed by atoms with E-state index < -0.39 is 23.8 Å². The first-order valence-electron chi connectivity index (χ1n) is 7.43. The summed E-state index contributed by atoms with van der Waals surface area (Å²) in [6, 6.07) is 12.0. The number of aliphatic hydroxyl groups excluding tert-OH is 2. The molecule has 1 aromatic heterocycles. The van der Waals surface area contributed by atoms with Crippen molar-refractivity contribution in [2.24, 2.45) is 0 Å². The second kappa shape index (κ2) is 6.90. The van der Waals surface area contributed by atoms with Crippen molar-refractivity contribution in [2.45, 2.75) is 18.8 Å². The number of rotatable bonds is 5. The van der Waals surface area contributed by atoms with Gasteiger partial charge in [0.2, 0.25) is 0 Å². The zero-order valence-electron chi connectivity index (χ0n) is 12.7. The third kappa shape index (κ3) is 3.34. The Morgan fingerprint density at radius 2 is 1.79 bits per heavy atom. The lowest BCUT2D eigenvalue weighted by atomic mass is 10.1. The van der Waals surface area contributed by atoms with Crippen molar-refractivity contribution in [1.82, 2.24) is 9.55 Å². The van der Waals surface area contributed by atoms with E-state index in [-0.39, 0.29) is 12.1 Å². The van der Waals surface area contributed by atoms with Crippen LogP contribution in [0.25, 0.3) is 0 Å². The van der Waals surface area contributed by atoms with Gasteiger partial charge < -0.3 is 14.8 Å². The zero-order valence-corrected chi connectivity index (χ0v) is 12.7. The Hall–Kier alpha value is -2.57. The molecule has 3 rings (SSSR count). The summed E-state index contributed by atoms with van der Waals surface area (Å²) in [5.74, 6) is -1.18. The number of nitrogens with zero attached hydrogens (tertiary/aromatic N) is 2. The van der Waals surface area contributed by atoms with E-state index >= 15 is 0 Å². The Morgan fingerprint density at radius 3 is 2.50 bits per heavy atom. The maximum Gasteiger partial charge on any atom is 0.142 e. The van der Waals surface area contributed by atoms with Crippen LogP contribution in [0.15, 0.2) is 60.9 Å². The molecule has 0 unspecified atom stereocenters. The van der Waals surface area contributed by atoms with Gasteiger partial charge in [-0.15, -0.1) is 0 Å². The Morgan fingerprint density at radius 1 is 1.04 bits per heavy atom. The molecule has 0 saturated heterocycles. The summed E-state index contributed by atoms with van der Waals surface area (Å²) in [5, 5.41) is 20.7. The largest absolute Gasteiger partial charge is 0.386 e. The molecule has 0 aliphatic heterocycles. The molecule has 124 valence electrons. The summed E-state index contributed by atoms with van der Waals surface area (Å²) >= 11 is 0. The van der Waals surface area contributed by atoms with Crippen molar-refractivity contribution in [1.29, 1.82) is 0 Å². The summed E-state index contributed by atoms with van der Waals surface area (Å²) in [5.41, 5.74) is 0.651. The third-order valence-corrected chi connectivity index (χ3v) is 3.80. The van der Waals surface area contributed by atoms with Crippen molar-refractivity contribution in [3.05, 3.63) is 89.5 Å². The smallest absolute Gasteiger partial charge is 0.142 e. The maximum atomic E-state index is 13.8. The average molecular weight is 330 g/mol. The molecule has 0 saturated carbocycles. The standard InChI is InChI=1S/C18H16F2N2O2/c19-13-6-7-14(15(20)10-13)16(23)11-22-9-8-21-18(22)17(24)12-4-2-1-3-5-12/h1-10,16-17,23-24H,11H2/t16-,17+/m1/s1. The fourth-order valence-corrected chi connectivity index (χ4v) is 2.56. The highest BCUT2D eigenvalue weighted by molar-refractivity contribution is 5.24. The van der Waals surface area contributed by atoms with Gasteiger partial charge in [-0.3, -0.25) is 0 Å². The van der Waals surface area contributed by atoms with E-state index in [4.69, 9.17) is 0 Å². The van der Waals surface area contributed by atoms with E-state index in [1.54, 1.807) is 35.0 Å². The summed E-state index contributed by atoms with van der Waals surface area (Å²) in [6.07, 6.45) is 0.925. The predicted octanol–water partition coefficient (Wildman–Crippen LogP) is 2.98. The molecule has 2 aromatic carbocycles. The van der Waals surface area contributed by atoms with Crippen LogP contribution in [0.5, 0.6) is 0 Å². The van der Waals surface area contributed by atoms with Crippen LogP contribution in [0.1, 0.15) is 29.2 Å². The van der Waals surface area contributed by atoms with Gasteiger partial charge in [0.25, 0.3) is 0 Å². The lowest BCUT2D eigenvalue weighted by Gasteiger charge is -2.17. The fourth-order valence-electron chi connectivity index (χ4n) is 2.56. The van der Waals surface area contributed by atoms with Gasteiger partial charge in [0.05, 0.1) is 12.6 Å². The number of aromatic nitrogens is 2. The maximum absolute atomic E-state index is 13.8. The number of aliphatic hydroxyl groups is 2. The molecule has 6 heteroatoms. The Balaban J connectivity index is 1.83. The van der Waals surface area contributed by atoms with Crippen molar-refractivity contribution in [3.63, 3.8) is 0 Å². The van der Waals surface area contributed by atoms with Gasteiger partial charge >= 0.3 is 0 Å². The lowest BCUT2D eigenvalue weighted by Crippen LogP contribution is -2.15. The molecule has 24 heavy (non-hydrogen) atoms. The Labute approximate surface area is 137 Å². The number of imidazole rings is 1. The van der Waals surface area contributed by atoms with Gasteiger partial charge in [-0.25, -0.2) is 13.8 Å². The quantitative estimate of drug-likeness (QED) is 0.756. The zero-order chi connectivity index (χ0) is 17.1. The van der Waals surface area contributed by atoms with Gasteiger partial charge in [-0.1, -0.05) is 36.4 Å². The van der Waals surface area contributed by atoms with Crippen LogP contribution in [-0.4, -0.2) is 19.8 Å². The molecular weight excluding hydrogens is 314 g/mol. The number of halogens is 2. The molecule has 0 spiro atoms. The monoisotopic (exact) mass is 330 g/mol. The molecular formula is C18H16F2N2O2. The van der Waals surface area contributed by atoms with Crippen LogP contribution in [0.2, 0.25) is 0 Å². The molecule has 0 amide bonds. The molecule has 1 heterocycles. The van der Waals surface area contributed by atoms with E-state index in [9.17, 15) is 19.0 Å². The van der Waals surface area contributed by atoms with E-state index in [1.165, 1.54) is 12.3 Å².